The van der Waals surface area contributed by atoms with Crippen LogP contribution in [0.1, 0.15) is 35.3 Å². The van der Waals surface area contributed by atoms with Crippen molar-refractivity contribution < 1.29 is 14.3 Å². The molecule has 2 aromatic rings. The lowest BCUT2D eigenvalue weighted by atomic mass is 10.0. The van der Waals surface area contributed by atoms with Crippen LogP contribution in [0.3, 0.4) is 0 Å². The second kappa shape index (κ2) is 6.08. The molecule has 0 aromatic heterocycles. The molecule has 0 aliphatic carbocycles. The molecule has 4 heteroatoms. The fraction of sp³-hybridized carbons (Fsp3) is 0.158. The summed E-state index contributed by atoms with van der Waals surface area (Å²) in [6.45, 7) is 3.99. The highest BCUT2D eigenvalue weighted by Crippen LogP contribution is 2.35. The Labute approximate surface area is 134 Å². The van der Waals surface area contributed by atoms with Crippen molar-refractivity contribution in [3.63, 3.8) is 0 Å². The molecule has 116 valence electrons. The predicted octanol–water partition coefficient (Wildman–Crippen LogP) is 3.78. The molecular weight excluding hydrogens is 290 g/mol. The van der Waals surface area contributed by atoms with Gasteiger partial charge in [0.1, 0.15) is 5.75 Å². The van der Waals surface area contributed by atoms with Crippen LogP contribution in [0, 0.1) is 0 Å². The molecule has 2 aromatic carbocycles. The summed E-state index contributed by atoms with van der Waals surface area (Å²) < 4.78 is 5.60. The van der Waals surface area contributed by atoms with Crippen LogP contribution in [0.2, 0.25) is 0 Å². The monoisotopic (exact) mass is 307 g/mol. The number of hydrogen-bond donors (Lipinski definition) is 1. The van der Waals surface area contributed by atoms with E-state index < -0.39 is 0 Å². The van der Waals surface area contributed by atoms with Crippen LogP contribution in [0.4, 0.5) is 5.69 Å². The number of ketones is 1. The van der Waals surface area contributed by atoms with E-state index in [1.54, 1.807) is 18.2 Å². The third-order valence-corrected chi connectivity index (χ3v) is 3.73. The molecule has 0 saturated heterocycles. The van der Waals surface area contributed by atoms with Gasteiger partial charge in [0.15, 0.2) is 5.78 Å². The van der Waals surface area contributed by atoms with Gasteiger partial charge in [-0.2, -0.15) is 0 Å². The van der Waals surface area contributed by atoms with Gasteiger partial charge in [-0.05, 0) is 32.1 Å². The van der Waals surface area contributed by atoms with Crippen LogP contribution < -0.4 is 10.1 Å². The number of carbonyl (C=O) groups is 2. The van der Waals surface area contributed by atoms with Crippen molar-refractivity contribution >= 4 is 29.0 Å². The van der Waals surface area contributed by atoms with Crippen molar-refractivity contribution in [3.8, 4) is 5.75 Å². The largest absolute Gasteiger partial charge is 0.493 e. The first-order valence-electron chi connectivity index (χ1n) is 7.50. The molecule has 0 fully saturated rings. The van der Waals surface area contributed by atoms with Crippen LogP contribution in [0.25, 0.3) is 11.6 Å². The zero-order valence-corrected chi connectivity index (χ0v) is 13.1. The number of nitrogens with one attached hydrogen (secondary N) is 1. The maximum absolute atomic E-state index is 12.3. The van der Waals surface area contributed by atoms with Crippen LogP contribution >= 0.6 is 0 Å². The molecule has 3 rings (SSSR count). The zero-order valence-electron chi connectivity index (χ0n) is 13.1. The topological polar surface area (TPSA) is 55.4 Å². The number of benzene rings is 2. The molecule has 1 N–H and O–H groups in total. The first kappa shape index (κ1) is 15.0. The smallest absolute Gasteiger partial charge is 0.256 e. The highest BCUT2D eigenvalue weighted by molar-refractivity contribution is 6.35. The van der Waals surface area contributed by atoms with Crippen molar-refractivity contribution in [2.24, 2.45) is 0 Å². The van der Waals surface area contributed by atoms with Crippen LogP contribution in [0.5, 0.6) is 5.75 Å². The Balaban J connectivity index is 2.06. The number of ether oxygens (including phenoxy) is 1. The Bertz CT molecular complexity index is 821. The van der Waals surface area contributed by atoms with E-state index in [9.17, 15) is 9.59 Å². The molecule has 0 unspecified atom stereocenters. The standard InChI is InChI=1S/C19H17NO3/c1-3-23-18-7-5-4-6-14(18)10-16-15-9-8-13(12(2)21)11-17(15)20-19(16)22/h4-11H,3H2,1-2H3,(H,20,22). The first-order valence-corrected chi connectivity index (χ1v) is 7.50. The lowest BCUT2D eigenvalue weighted by Gasteiger charge is -2.07. The Kier molecular flexibility index (Phi) is 3.98. The Morgan fingerprint density at radius 2 is 2.00 bits per heavy atom. The summed E-state index contributed by atoms with van der Waals surface area (Å²) in [4.78, 5) is 23.8. The average Bonchev–Trinajstić information content (AvgIpc) is 2.84. The van der Waals surface area contributed by atoms with Gasteiger partial charge in [0.05, 0.1) is 6.61 Å². The van der Waals surface area contributed by atoms with E-state index in [2.05, 4.69) is 5.32 Å². The quantitative estimate of drug-likeness (QED) is 0.691. The molecule has 1 aliphatic rings. The van der Waals surface area contributed by atoms with Crippen LogP contribution in [-0.4, -0.2) is 18.3 Å². The Hall–Kier alpha value is -2.88. The number of hydrogen-bond acceptors (Lipinski definition) is 3. The normalized spacial score (nSPS) is 14.5. The predicted molar refractivity (Wildman–Crippen MR) is 90.6 cm³/mol. The summed E-state index contributed by atoms with van der Waals surface area (Å²) in [5.74, 6) is 0.539. The maximum Gasteiger partial charge on any atom is 0.256 e. The summed E-state index contributed by atoms with van der Waals surface area (Å²) in [6, 6.07) is 12.8. The number of Topliss-reactive ketones (excluding diaryl/α,β-unsaturated/α-hetero) is 1. The molecule has 1 aliphatic heterocycles. The van der Waals surface area contributed by atoms with Crippen molar-refractivity contribution in [1.29, 1.82) is 0 Å². The molecule has 0 bridgehead atoms. The van der Waals surface area contributed by atoms with Crippen LogP contribution in [-0.2, 0) is 4.79 Å². The second-order valence-corrected chi connectivity index (χ2v) is 5.30. The first-order chi connectivity index (χ1) is 11.1. The number of rotatable bonds is 4. The van der Waals surface area contributed by atoms with Gasteiger partial charge >= 0.3 is 0 Å². The number of carbonyl (C=O) groups excluding carboxylic acids is 2. The Morgan fingerprint density at radius 3 is 2.74 bits per heavy atom. The molecule has 0 atom stereocenters. The van der Waals surface area contributed by atoms with Crippen molar-refractivity contribution in [3.05, 3.63) is 59.2 Å². The lowest BCUT2D eigenvalue weighted by Crippen LogP contribution is -2.04. The minimum absolute atomic E-state index is 0.0267. The molecule has 0 spiro atoms. The molecule has 0 saturated carbocycles. The van der Waals surface area contributed by atoms with E-state index in [1.807, 2.05) is 37.3 Å². The van der Waals surface area contributed by atoms with Gasteiger partial charge in [-0.1, -0.05) is 30.3 Å². The van der Waals surface area contributed by atoms with Gasteiger partial charge < -0.3 is 10.1 Å². The van der Waals surface area contributed by atoms with Crippen molar-refractivity contribution in [2.75, 3.05) is 11.9 Å². The fourth-order valence-corrected chi connectivity index (χ4v) is 2.60. The van der Waals surface area contributed by atoms with E-state index in [4.69, 9.17) is 4.74 Å². The summed E-state index contributed by atoms with van der Waals surface area (Å²) in [5.41, 5.74) is 3.47. The third kappa shape index (κ3) is 2.88. The third-order valence-electron chi connectivity index (χ3n) is 3.73. The molecular formula is C19H17NO3. The van der Waals surface area contributed by atoms with Gasteiger partial charge in [0, 0.05) is 28.0 Å². The van der Waals surface area contributed by atoms with Gasteiger partial charge in [-0.25, -0.2) is 0 Å². The minimum Gasteiger partial charge on any atom is -0.493 e. The van der Waals surface area contributed by atoms with Gasteiger partial charge in [0.25, 0.3) is 5.91 Å². The maximum atomic E-state index is 12.3. The lowest BCUT2D eigenvalue weighted by molar-refractivity contribution is -0.110. The number of anilines is 1. The Morgan fingerprint density at radius 1 is 1.22 bits per heavy atom. The highest BCUT2D eigenvalue weighted by Gasteiger charge is 2.25. The van der Waals surface area contributed by atoms with Gasteiger partial charge in [-0.15, -0.1) is 0 Å². The molecule has 0 radical (unpaired) electrons. The minimum atomic E-state index is -0.174. The molecule has 4 nitrogen and oxygen atoms in total. The molecule has 1 amide bonds. The van der Waals surface area contributed by atoms with E-state index >= 15 is 0 Å². The average molecular weight is 307 g/mol. The van der Waals surface area contributed by atoms with Crippen molar-refractivity contribution in [1.82, 2.24) is 0 Å². The van der Waals surface area contributed by atoms with E-state index in [-0.39, 0.29) is 11.7 Å². The zero-order chi connectivity index (χ0) is 16.4. The molecule has 1 heterocycles. The highest BCUT2D eigenvalue weighted by atomic mass is 16.5. The van der Waals surface area contributed by atoms with E-state index in [0.29, 0.717) is 23.4 Å². The van der Waals surface area contributed by atoms with Crippen LogP contribution in [0.15, 0.2) is 42.5 Å². The fourth-order valence-electron chi connectivity index (χ4n) is 2.60. The van der Waals surface area contributed by atoms with Gasteiger partial charge in [-0.3, -0.25) is 9.59 Å². The summed E-state index contributed by atoms with van der Waals surface area (Å²) in [5, 5.41) is 2.81. The number of amides is 1. The summed E-state index contributed by atoms with van der Waals surface area (Å²) >= 11 is 0. The number of para-hydroxylation sites is 1. The number of fused-ring (bicyclic) bond motifs is 1. The summed E-state index contributed by atoms with van der Waals surface area (Å²) in [7, 11) is 0. The van der Waals surface area contributed by atoms with Gasteiger partial charge in [0.2, 0.25) is 0 Å². The van der Waals surface area contributed by atoms with E-state index in [1.165, 1.54) is 6.92 Å². The summed E-state index contributed by atoms with van der Waals surface area (Å²) in [6.07, 6.45) is 1.82. The van der Waals surface area contributed by atoms with E-state index in [0.717, 1.165) is 16.9 Å². The molecule has 23 heavy (non-hydrogen) atoms. The SMILES string of the molecule is CCOc1ccccc1C=C1C(=O)Nc2cc(C(C)=O)ccc21. The van der Waals surface area contributed by atoms with Crippen molar-refractivity contribution in [2.45, 2.75) is 13.8 Å². The second-order valence-electron chi connectivity index (χ2n) is 5.30.